The molecule has 0 aliphatic heterocycles. The highest BCUT2D eigenvalue weighted by Crippen LogP contribution is 2.41. The first-order valence-electron chi connectivity index (χ1n) is 10.9. The molecule has 0 heterocycles. The Bertz CT molecular complexity index is 422. The van der Waals surface area contributed by atoms with Gasteiger partial charge in [0.05, 0.1) is 12.6 Å². The van der Waals surface area contributed by atoms with Crippen molar-refractivity contribution >= 4 is 13.8 Å². The molecule has 0 aromatic rings. The normalized spacial score (nSPS) is 14.6. The van der Waals surface area contributed by atoms with E-state index in [-0.39, 0.29) is 19.2 Å². The number of unbranched alkanes of at least 4 members (excludes halogenated alkanes) is 12. The fourth-order valence-corrected chi connectivity index (χ4v) is 3.34. The quantitative estimate of drug-likeness (QED) is 0.159. The minimum atomic E-state index is -4.04. The third-order valence-corrected chi connectivity index (χ3v) is 5.56. The molecule has 168 valence electrons. The van der Waals surface area contributed by atoms with E-state index in [1.807, 2.05) is 0 Å². The zero-order chi connectivity index (χ0) is 21.1. The molecule has 0 aromatic heterocycles. The lowest BCUT2D eigenvalue weighted by Crippen LogP contribution is -2.32. The van der Waals surface area contributed by atoms with Crippen LogP contribution >= 0.6 is 7.82 Å². The molecule has 0 aliphatic rings. The highest BCUT2D eigenvalue weighted by Gasteiger charge is 2.20. The molecular formula is C20H42NO6P. The largest absolute Gasteiger partial charge is 0.471 e. The number of carbonyl (C=O) groups is 1. The number of carbonyl (C=O) groups excluding carboxylic acids is 1. The predicted molar refractivity (Wildman–Crippen MR) is 112 cm³/mol. The van der Waals surface area contributed by atoms with Crippen molar-refractivity contribution in [2.24, 2.45) is 5.73 Å². The average Bonchev–Trinajstić information content (AvgIpc) is 2.68. The number of hydrogen-bond donors (Lipinski definition) is 2. The zero-order valence-electron chi connectivity index (χ0n) is 17.9. The maximum atomic E-state index is 11.7. The van der Waals surface area contributed by atoms with Crippen LogP contribution in [0.4, 0.5) is 0 Å². The highest BCUT2D eigenvalue weighted by atomic mass is 31.2. The Morgan fingerprint density at radius 3 is 1.82 bits per heavy atom. The van der Waals surface area contributed by atoms with Gasteiger partial charge in [-0.1, -0.05) is 84.0 Å². The van der Waals surface area contributed by atoms with Gasteiger partial charge < -0.3 is 15.4 Å². The standard InChI is InChI=1S/C20H42NO6P/c1-3-4-5-6-7-8-9-10-11-12-13-14-15-16-20(22)26-17-19(21)18-27-28(23,24)25-2/h19H,3-18,21H2,1-2H3,(H,23,24). The molecule has 0 bridgehead atoms. The molecular weight excluding hydrogens is 381 g/mol. The summed E-state index contributed by atoms with van der Waals surface area (Å²) in [7, 11) is -2.97. The number of phosphoric ester groups is 1. The molecule has 0 fully saturated rings. The van der Waals surface area contributed by atoms with E-state index >= 15 is 0 Å². The van der Waals surface area contributed by atoms with Crippen LogP contribution in [0.15, 0.2) is 0 Å². The SMILES string of the molecule is CCCCCCCCCCCCCCCC(=O)OCC(N)COP(=O)(O)OC. The molecule has 0 radical (unpaired) electrons. The fourth-order valence-electron chi connectivity index (χ4n) is 2.85. The number of esters is 1. The van der Waals surface area contributed by atoms with E-state index in [4.69, 9.17) is 15.4 Å². The monoisotopic (exact) mass is 423 g/mol. The van der Waals surface area contributed by atoms with Crippen molar-refractivity contribution in [2.75, 3.05) is 20.3 Å². The second-order valence-electron chi connectivity index (χ2n) is 7.38. The molecule has 0 rings (SSSR count). The van der Waals surface area contributed by atoms with Gasteiger partial charge in [0.2, 0.25) is 0 Å². The van der Waals surface area contributed by atoms with Gasteiger partial charge in [0.25, 0.3) is 0 Å². The van der Waals surface area contributed by atoms with Gasteiger partial charge in [-0.15, -0.1) is 0 Å². The van der Waals surface area contributed by atoms with E-state index in [0.29, 0.717) is 6.42 Å². The molecule has 0 spiro atoms. The number of hydrogen-bond acceptors (Lipinski definition) is 6. The number of ether oxygens (including phenoxy) is 1. The van der Waals surface area contributed by atoms with Gasteiger partial charge in [-0.05, 0) is 6.42 Å². The van der Waals surface area contributed by atoms with Crippen molar-refractivity contribution in [2.45, 2.75) is 103 Å². The summed E-state index contributed by atoms with van der Waals surface area (Å²) in [4.78, 5) is 20.7. The maximum absolute atomic E-state index is 11.7. The summed E-state index contributed by atoms with van der Waals surface area (Å²) in [6, 6.07) is -0.661. The lowest BCUT2D eigenvalue weighted by molar-refractivity contribution is -0.144. The van der Waals surface area contributed by atoms with E-state index in [9.17, 15) is 9.36 Å². The summed E-state index contributed by atoms with van der Waals surface area (Å²) >= 11 is 0. The Hall–Kier alpha value is -0.460. The number of phosphoric acid groups is 1. The Morgan fingerprint density at radius 1 is 0.893 bits per heavy atom. The maximum Gasteiger partial charge on any atom is 0.471 e. The summed E-state index contributed by atoms with van der Waals surface area (Å²) < 4.78 is 25.1. The lowest BCUT2D eigenvalue weighted by Gasteiger charge is -2.14. The van der Waals surface area contributed by atoms with Gasteiger partial charge in [0.1, 0.15) is 6.61 Å². The predicted octanol–water partition coefficient (Wildman–Crippen LogP) is 5.10. The van der Waals surface area contributed by atoms with Gasteiger partial charge in [-0.2, -0.15) is 0 Å². The van der Waals surface area contributed by atoms with E-state index in [2.05, 4.69) is 16.0 Å². The molecule has 2 atom stereocenters. The Kier molecular flexibility index (Phi) is 18.3. The number of rotatable bonds is 20. The molecule has 0 amide bonds. The molecule has 0 saturated carbocycles. The van der Waals surface area contributed by atoms with Crippen LogP contribution in [0.2, 0.25) is 0 Å². The Labute approximate surface area is 171 Å². The van der Waals surface area contributed by atoms with Crippen molar-refractivity contribution in [1.82, 2.24) is 0 Å². The molecule has 0 saturated heterocycles. The van der Waals surface area contributed by atoms with Crippen LogP contribution in [0.3, 0.4) is 0 Å². The van der Waals surface area contributed by atoms with Gasteiger partial charge in [0, 0.05) is 13.5 Å². The van der Waals surface area contributed by atoms with Crippen molar-refractivity contribution < 1.29 is 28.0 Å². The molecule has 28 heavy (non-hydrogen) atoms. The van der Waals surface area contributed by atoms with E-state index in [1.165, 1.54) is 64.2 Å². The van der Waals surface area contributed by atoms with E-state index < -0.39 is 13.9 Å². The molecule has 8 heteroatoms. The summed E-state index contributed by atoms with van der Waals surface area (Å²) in [6.45, 7) is 1.99. The number of nitrogens with two attached hydrogens (primary N) is 1. The van der Waals surface area contributed by atoms with Crippen molar-refractivity contribution in [1.29, 1.82) is 0 Å². The van der Waals surface area contributed by atoms with Gasteiger partial charge in [-0.25, -0.2) is 4.57 Å². The lowest BCUT2D eigenvalue weighted by atomic mass is 10.0. The minimum Gasteiger partial charge on any atom is -0.464 e. The fraction of sp³-hybridized carbons (Fsp3) is 0.950. The Morgan fingerprint density at radius 2 is 1.36 bits per heavy atom. The summed E-state index contributed by atoms with van der Waals surface area (Å²) in [6.07, 6.45) is 16.8. The Balaban J connectivity index is 3.38. The minimum absolute atomic E-state index is 0.0407. The average molecular weight is 424 g/mol. The van der Waals surface area contributed by atoms with Gasteiger partial charge in [-0.3, -0.25) is 13.8 Å². The second kappa shape index (κ2) is 18.6. The van der Waals surface area contributed by atoms with E-state index in [0.717, 1.165) is 26.4 Å². The molecule has 3 N–H and O–H groups in total. The van der Waals surface area contributed by atoms with Crippen LogP contribution in [0, 0.1) is 0 Å². The summed E-state index contributed by atoms with van der Waals surface area (Å²) in [5.41, 5.74) is 5.67. The first-order valence-corrected chi connectivity index (χ1v) is 12.3. The third kappa shape index (κ3) is 18.9. The van der Waals surface area contributed by atoms with Crippen molar-refractivity contribution in [3.05, 3.63) is 0 Å². The first kappa shape index (κ1) is 27.5. The van der Waals surface area contributed by atoms with Crippen LogP contribution in [0.25, 0.3) is 0 Å². The van der Waals surface area contributed by atoms with Gasteiger partial charge >= 0.3 is 13.8 Å². The zero-order valence-corrected chi connectivity index (χ0v) is 18.8. The smallest absolute Gasteiger partial charge is 0.464 e. The van der Waals surface area contributed by atoms with Crippen LogP contribution in [-0.4, -0.2) is 37.2 Å². The van der Waals surface area contributed by atoms with Crippen molar-refractivity contribution in [3.63, 3.8) is 0 Å². The van der Waals surface area contributed by atoms with Crippen LogP contribution in [-0.2, 0) is 23.1 Å². The third-order valence-electron chi connectivity index (χ3n) is 4.63. The molecule has 0 aromatic carbocycles. The summed E-state index contributed by atoms with van der Waals surface area (Å²) in [5.74, 6) is -0.294. The van der Waals surface area contributed by atoms with Crippen LogP contribution < -0.4 is 5.73 Å². The highest BCUT2D eigenvalue weighted by molar-refractivity contribution is 7.47. The molecule has 7 nitrogen and oxygen atoms in total. The van der Waals surface area contributed by atoms with Crippen LogP contribution in [0.1, 0.15) is 96.8 Å². The van der Waals surface area contributed by atoms with Crippen molar-refractivity contribution in [3.8, 4) is 0 Å². The van der Waals surface area contributed by atoms with Crippen LogP contribution in [0.5, 0.6) is 0 Å². The van der Waals surface area contributed by atoms with E-state index in [1.54, 1.807) is 0 Å². The van der Waals surface area contributed by atoms with Gasteiger partial charge in [0.15, 0.2) is 0 Å². The molecule has 0 aliphatic carbocycles. The first-order chi connectivity index (χ1) is 13.4. The summed E-state index contributed by atoms with van der Waals surface area (Å²) in [5, 5.41) is 0. The molecule has 2 unspecified atom stereocenters. The second-order valence-corrected chi connectivity index (χ2v) is 8.94. The topological polar surface area (TPSA) is 108 Å².